The molecule has 176 valence electrons. The third-order valence-electron chi connectivity index (χ3n) is 5.58. The van der Waals surface area contributed by atoms with Gasteiger partial charge < -0.3 is 19.7 Å². The quantitative estimate of drug-likeness (QED) is 0.499. The Morgan fingerprint density at radius 3 is 2.39 bits per heavy atom. The summed E-state index contributed by atoms with van der Waals surface area (Å²) in [6, 6.07) is 11.6. The largest absolute Gasteiger partial charge is 0.493 e. The lowest BCUT2D eigenvalue weighted by Gasteiger charge is -2.27. The molecule has 1 heterocycles. The summed E-state index contributed by atoms with van der Waals surface area (Å²) >= 11 is 0. The lowest BCUT2D eigenvalue weighted by molar-refractivity contribution is -0.116. The highest BCUT2D eigenvalue weighted by Gasteiger charge is 2.12. The first kappa shape index (κ1) is 24.1. The van der Waals surface area contributed by atoms with Crippen molar-refractivity contribution in [3.05, 3.63) is 53.1 Å². The number of rotatable bonds is 10. The molecule has 0 saturated carbocycles. The summed E-state index contributed by atoms with van der Waals surface area (Å²) in [4.78, 5) is 31.9. The number of hydrogen-bond donors (Lipinski definition) is 1. The van der Waals surface area contributed by atoms with Gasteiger partial charge in [0.05, 0.1) is 31.4 Å². The molecule has 8 heteroatoms. The van der Waals surface area contributed by atoms with Crippen LogP contribution in [0.5, 0.6) is 11.5 Å². The van der Waals surface area contributed by atoms with Crippen LogP contribution in [0.25, 0.3) is 10.9 Å². The molecule has 2 aromatic carbocycles. The number of nitrogens with one attached hydrogen (secondary N) is 1. The van der Waals surface area contributed by atoms with E-state index in [4.69, 9.17) is 9.47 Å². The van der Waals surface area contributed by atoms with Crippen LogP contribution in [0.2, 0.25) is 0 Å². The summed E-state index contributed by atoms with van der Waals surface area (Å²) in [6.45, 7) is 7.75. The van der Waals surface area contributed by atoms with Gasteiger partial charge in [0.1, 0.15) is 0 Å². The van der Waals surface area contributed by atoms with Gasteiger partial charge in [-0.25, -0.2) is 4.98 Å². The third kappa shape index (κ3) is 5.63. The lowest BCUT2D eigenvalue weighted by atomic mass is 10.2. The van der Waals surface area contributed by atoms with Crippen LogP contribution in [0.1, 0.15) is 33.6 Å². The first-order valence-electron chi connectivity index (χ1n) is 11.2. The van der Waals surface area contributed by atoms with Crippen molar-refractivity contribution in [2.45, 2.75) is 46.2 Å². The van der Waals surface area contributed by atoms with Crippen molar-refractivity contribution >= 4 is 28.2 Å². The molecule has 0 aliphatic rings. The number of fused-ring (bicyclic) bond motifs is 1. The second-order valence-electron chi connectivity index (χ2n) is 8.05. The molecule has 1 aromatic heterocycles. The normalized spacial score (nSPS) is 11.0. The van der Waals surface area contributed by atoms with E-state index in [1.54, 1.807) is 12.1 Å². The number of hydrogen-bond acceptors (Lipinski definition) is 6. The van der Waals surface area contributed by atoms with Crippen molar-refractivity contribution in [3.8, 4) is 11.5 Å². The summed E-state index contributed by atoms with van der Waals surface area (Å²) < 4.78 is 12.1. The van der Waals surface area contributed by atoms with Crippen LogP contribution in [-0.2, 0) is 11.3 Å². The zero-order chi connectivity index (χ0) is 24.0. The molecule has 0 bridgehead atoms. The number of carbonyl (C=O) groups is 1. The molecule has 33 heavy (non-hydrogen) atoms. The monoisotopic (exact) mass is 452 g/mol. The van der Waals surface area contributed by atoms with Crippen LogP contribution >= 0.6 is 0 Å². The van der Waals surface area contributed by atoms with E-state index in [1.165, 1.54) is 25.1 Å². The Morgan fingerprint density at radius 1 is 1.12 bits per heavy atom. The van der Waals surface area contributed by atoms with E-state index in [2.05, 4.69) is 36.0 Å². The Kier molecular flexibility index (Phi) is 7.92. The van der Waals surface area contributed by atoms with Crippen LogP contribution in [-0.4, -0.2) is 42.3 Å². The van der Waals surface area contributed by atoms with E-state index in [0.29, 0.717) is 47.8 Å². The molecule has 0 fully saturated rings. The van der Waals surface area contributed by atoms with Crippen LogP contribution in [0.4, 0.5) is 11.4 Å². The lowest BCUT2D eigenvalue weighted by Crippen LogP contribution is -2.30. The molecule has 0 aliphatic carbocycles. The Balaban J connectivity index is 1.60. The summed E-state index contributed by atoms with van der Waals surface area (Å²) in [7, 11) is 3.06. The van der Waals surface area contributed by atoms with E-state index in [-0.39, 0.29) is 11.5 Å². The van der Waals surface area contributed by atoms with Gasteiger partial charge in [-0.15, -0.1) is 0 Å². The standard InChI is InChI=1S/C25H32N4O4/c1-6-29(17(2)3)19-11-9-18(10-12-19)27-24(30)8-7-13-28-16-26-21-15-23(33-5)22(32-4)14-20(21)25(28)31/h9-12,14-17H,6-8,13H2,1-5H3,(H,27,30). The van der Waals surface area contributed by atoms with Gasteiger partial charge in [-0.2, -0.15) is 0 Å². The zero-order valence-electron chi connectivity index (χ0n) is 19.9. The molecule has 0 unspecified atom stereocenters. The molecule has 8 nitrogen and oxygen atoms in total. The van der Waals surface area contributed by atoms with Gasteiger partial charge in [-0.1, -0.05) is 0 Å². The molecule has 0 radical (unpaired) electrons. The predicted molar refractivity (Wildman–Crippen MR) is 132 cm³/mol. The number of anilines is 2. The minimum atomic E-state index is -0.178. The molecular weight excluding hydrogens is 420 g/mol. The summed E-state index contributed by atoms with van der Waals surface area (Å²) in [5.74, 6) is 0.903. The number of ether oxygens (including phenoxy) is 2. The first-order valence-corrected chi connectivity index (χ1v) is 11.2. The van der Waals surface area contributed by atoms with E-state index in [1.807, 2.05) is 24.3 Å². The average molecular weight is 453 g/mol. The highest BCUT2D eigenvalue weighted by atomic mass is 16.5. The number of amides is 1. The average Bonchev–Trinajstić information content (AvgIpc) is 2.81. The highest BCUT2D eigenvalue weighted by Crippen LogP contribution is 2.29. The number of carbonyl (C=O) groups excluding carboxylic acids is 1. The van der Waals surface area contributed by atoms with Crippen molar-refractivity contribution in [2.24, 2.45) is 0 Å². The summed E-state index contributed by atoms with van der Waals surface area (Å²) in [5, 5.41) is 3.37. The first-order chi connectivity index (χ1) is 15.9. The maximum Gasteiger partial charge on any atom is 0.261 e. The van der Waals surface area contributed by atoms with Gasteiger partial charge in [-0.05, 0) is 57.5 Å². The molecule has 0 aliphatic heterocycles. The maximum absolute atomic E-state index is 12.8. The Bertz CT molecular complexity index is 1160. The Morgan fingerprint density at radius 2 is 1.79 bits per heavy atom. The number of aromatic nitrogens is 2. The van der Waals surface area contributed by atoms with E-state index >= 15 is 0 Å². The van der Waals surface area contributed by atoms with Crippen molar-refractivity contribution in [1.29, 1.82) is 0 Å². The number of aryl methyl sites for hydroxylation is 1. The molecule has 1 N–H and O–H groups in total. The smallest absolute Gasteiger partial charge is 0.261 e. The van der Waals surface area contributed by atoms with Gasteiger partial charge in [0.2, 0.25) is 5.91 Å². The SMILES string of the molecule is CCN(c1ccc(NC(=O)CCCn2cnc3cc(OC)c(OC)cc3c2=O)cc1)C(C)C. The van der Waals surface area contributed by atoms with E-state index in [9.17, 15) is 9.59 Å². The van der Waals surface area contributed by atoms with Crippen LogP contribution in [0.15, 0.2) is 47.5 Å². The minimum absolute atomic E-state index is 0.0906. The minimum Gasteiger partial charge on any atom is -0.493 e. The third-order valence-corrected chi connectivity index (χ3v) is 5.58. The molecule has 0 spiro atoms. The zero-order valence-corrected chi connectivity index (χ0v) is 19.9. The molecule has 3 aromatic rings. The van der Waals surface area contributed by atoms with Gasteiger partial charge in [0, 0.05) is 43.0 Å². The molecular formula is C25H32N4O4. The second-order valence-corrected chi connectivity index (χ2v) is 8.05. The molecule has 0 atom stereocenters. The number of nitrogens with zero attached hydrogens (tertiary/aromatic N) is 3. The Labute approximate surface area is 194 Å². The maximum atomic E-state index is 12.8. The van der Waals surface area contributed by atoms with E-state index in [0.717, 1.165) is 17.9 Å². The van der Waals surface area contributed by atoms with Crippen molar-refractivity contribution in [2.75, 3.05) is 31.0 Å². The van der Waals surface area contributed by atoms with Gasteiger partial charge in [0.25, 0.3) is 5.56 Å². The number of benzene rings is 2. The second kappa shape index (κ2) is 10.8. The van der Waals surface area contributed by atoms with Crippen LogP contribution in [0.3, 0.4) is 0 Å². The predicted octanol–water partition coefficient (Wildman–Crippen LogP) is 4.07. The van der Waals surface area contributed by atoms with Crippen LogP contribution < -0.4 is 25.2 Å². The summed E-state index contributed by atoms with van der Waals surface area (Å²) in [6.07, 6.45) is 2.31. The van der Waals surface area contributed by atoms with Crippen molar-refractivity contribution < 1.29 is 14.3 Å². The fraction of sp³-hybridized carbons (Fsp3) is 0.400. The topological polar surface area (TPSA) is 85.7 Å². The fourth-order valence-corrected chi connectivity index (χ4v) is 3.86. The van der Waals surface area contributed by atoms with E-state index < -0.39 is 0 Å². The number of methoxy groups -OCH3 is 2. The molecule has 3 rings (SSSR count). The molecule has 0 saturated heterocycles. The van der Waals surface area contributed by atoms with Gasteiger partial charge in [-0.3, -0.25) is 14.2 Å². The van der Waals surface area contributed by atoms with Gasteiger partial charge >= 0.3 is 0 Å². The van der Waals surface area contributed by atoms with Crippen LogP contribution in [0, 0.1) is 0 Å². The van der Waals surface area contributed by atoms with Gasteiger partial charge in [0.15, 0.2) is 11.5 Å². The highest BCUT2D eigenvalue weighted by molar-refractivity contribution is 5.90. The van der Waals surface area contributed by atoms with Crippen molar-refractivity contribution in [1.82, 2.24) is 9.55 Å². The fourth-order valence-electron chi connectivity index (χ4n) is 3.86. The summed E-state index contributed by atoms with van der Waals surface area (Å²) in [5.41, 5.74) is 2.24. The molecule has 1 amide bonds. The Hall–Kier alpha value is -3.55. The van der Waals surface area contributed by atoms with Crippen molar-refractivity contribution in [3.63, 3.8) is 0 Å².